The van der Waals surface area contributed by atoms with Crippen LogP contribution in [0.3, 0.4) is 0 Å². The quantitative estimate of drug-likeness (QED) is 0.892. The number of hydrogen-bond acceptors (Lipinski definition) is 2. The molecule has 0 amide bonds. The van der Waals surface area contributed by atoms with E-state index in [0.717, 1.165) is 17.7 Å². The van der Waals surface area contributed by atoms with Gasteiger partial charge in [0.25, 0.3) is 0 Å². The molecular formula is C16H19NO. The van der Waals surface area contributed by atoms with Crippen LogP contribution < -0.4 is 10.5 Å². The van der Waals surface area contributed by atoms with Gasteiger partial charge in [-0.25, -0.2) is 0 Å². The van der Waals surface area contributed by atoms with E-state index in [2.05, 4.69) is 31.2 Å². The average Bonchev–Trinajstić information content (AvgIpc) is 2.41. The molecule has 0 aromatic heterocycles. The van der Waals surface area contributed by atoms with Gasteiger partial charge in [0.2, 0.25) is 0 Å². The molecule has 2 N–H and O–H groups in total. The third-order valence-electron chi connectivity index (χ3n) is 3.13. The van der Waals surface area contributed by atoms with Crippen LogP contribution in [0, 0.1) is 6.92 Å². The fraction of sp³-hybridized carbons (Fsp3) is 0.250. The fourth-order valence-corrected chi connectivity index (χ4v) is 2.15. The van der Waals surface area contributed by atoms with Crippen LogP contribution in [0.2, 0.25) is 0 Å². The zero-order chi connectivity index (χ0) is 13.0. The fourth-order valence-electron chi connectivity index (χ4n) is 2.15. The molecule has 0 aliphatic rings. The smallest absolute Gasteiger partial charge is 0.126 e. The molecule has 0 atom stereocenters. The van der Waals surface area contributed by atoms with Crippen molar-refractivity contribution in [3.8, 4) is 16.9 Å². The summed E-state index contributed by atoms with van der Waals surface area (Å²) in [6.07, 6.45) is 0.905. The number of para-hydroxylation sites is 1. The number of benzene rings is 2. The minimum absolute atomic E-state index is 0.675. The number of methoxy groups -OCH3 is 1. The predicted octanol–water partition coefficient (Wildman–Crippen LogP) is 3.17. The first kappa shape index (κ1) is 12.7. The molecule has 18 heavy (non-hydrogen) atoms. The second kappa shape index (κ2) is 5.69. The molecule has 94 valence electrons. The summed E-state index contributed by atoms with van der Waals surface area (Å²) in [5.41, 5.74) is 10.5. The van der Waals surface area contributed by atoms with Crippen LogP contribution in [0.4, 0.5) is 0 Å². The van der Waals surface area contributed by atoms with E-state index in [-0.39, 0.29) is 0 Å². The Morgan fingerprint density at radius 3 is 2.56 bits per heavy atom. The van der Waals surface area contributed by atoms with E-state index in [1.54, 1.807) is 7.11 Å². The van der Waals surface area contributed by atoms with E-state index in [1.165, 1.54) is 16.7 Å². The van der Waals surface area contributed by atoms with E-state index in [1.807, 2.05) is 18.2 Å². The third kappa shape index (κ3) is 2.54. The standard InChI is InChI=1S/C16H19NO/c1-12-7-8-13(9-10-17)11-15(12)14-5-3-4-6-16(14)18-2/h3-8,11H,9-10,17H2,1-2H3. The molecule has 2 nitrogen and oxygen atoms in total. The van der Waals surface area contributed by atoms with Crippen molar-refractivity contribution in [2.24, 2.45) is 5.73 Å². The Hall–Kier alpha value is -1.80. The maximum absolute atomic E-state index is 5.62. The first-order valence-electron chi connectivity index (χ1n) is 6.19. The highest BCUT2D eigenvalue weighted by Gasteiger charge is 2.08. The molecule has 2 rings (SSSR count). The first-order chi connectivity index (χ1) is 8.76. The zero-order valence-electron chi connectivity index (χ0n) is 10.9. The molecule has 0 saturated heterocycles. The van der Waals surface area contributed by atoms with Crippen molar-refractivity contribution in [2.45, 2.75) is 13.3 Å². The van der Waals surface area contributed by atoms with E-state index >= 15 is 0 Å². The van der Waals surface area contributed by atoms with E-state index in [9.17, 15) is 0 Å². The molecule has 0 radical (unpaired) electrons. The molecule has 0 saturated carbocycles. The van der Waals surface area contributed by atoms with Gasteiger partial charge < -0.3 is 10.5 Å². The molecule has 2 aromatic rings. The van der Waals surface area contributed by atoms with Crippen LogP contribution in [0.15, 0.2) is 42.5 Å². The van der Waals surface area contributed by atoms with Gasteiger partial charge in [0.15, 0.2) is 0 Å². The number of hydrogen-bond donors (Lipinski definition) is 1. The van der Waals surface area contributed by atoms with Crippen LogP contribution in [-0.4, -0.2) is 13.7 Å². The molecular weight excluding hydrogens is 222 g/mol. The largest absolute Gasteiger partial charge is 0.496 e. The van der Waals surface area contributed by atoms with Crippen LogP contribution in [0.5, 0.6) is 5.75 Å². The summed E-state index contributed by atoms with van der Waals surface area (Å²) >= 11 is 0. The number of nitrogens with two attached hydrogens (primary N) is 1. The lowest BCUT2D eigenvalue weighted by molar-refractivity contribution is 0.416. The Labute approximate surface area is 108 Å². The molecule has 2 aromatic carbocycles. The second-order valence-corrected chi connectivity index (χ2v) is 4.39. The summed E-state index contributed by atoms with van der Waals surface area (Å²) in [6, 6.07) is 14.6. The lowest BCUT2D eigenvalue weighted by Gasteiger charge is -2.12. The molecule has 0 aliphatic carbocycles. The first-order valence-corrected chi connectivity index (χ1v) is 6.19. The maximum Gasteiger partial charge on any atom is 0.126 e. The SMILES string of the molecule is COc1ccccc1-c1cc(CCN)ccc1C. The summed E-state index contributed by atoms with van der Waals surface area (Å²) in [5, 5.41) is 0. The highest BCUT2D eigenvalue weighted by atomic mass is 16.5. The van der Waals surface area contributed by atoms with Gasteiger partial charge in [-0.05, 0) is 42.6 Å². The van der Waals surface area contributed by atoms with Crippen LogP contribution in [0.1, 0.15) is 11.1 Å². The lowest BCUT2D eigenvalue weighted by atomic mass is 9.96. The van der Waals surface area contributed by atoms with Crippen molar-refractivity contribution in [1.82, 2.24) is 0 Å². The summed E-state index contributed by atoms with van der Waals surface area (Å²) in [7, 11) is 1.71. The van der Waals surface area contributed by atoms with Crippen molar-refractivity contribution < 1.29 is 4.74 Å². The number of ether oxygens (including phenoxy) is 1. The predicted molar refractivity (Wildman–Crippen MR) is 75.9 cm³/mol. The van der Waals surface area contributed by atoms with Gasteiger partial charge in [0.05, 0.1) is 7.11 Å². The van der Waals surface area contributed by atoms with Gasteiger partial charge in [0, 0.05) is 5.56 Å². The second-order valence-electron chi connectivity index (χ2n) is 4.39. The van der Waals surface area contributed by atoms with Gasteiger partial charge in [0.1, 0.15) is 5.75 Å². The highest BCUT2D eigenvalue weighted by molar-refractivity contribution is 5.73. The van der Waals surface area contributed by atoms with Crippen molar-refractivity contribution in [1.29, 1.82) is 0 Å². The van der Waals surface area contributed by atoms with Crippen molar-refractivity contribution >= 4 is 0 Å². The highest BCUT2D eigenvalue weighted by Crippen LogP contribution is 2.32. The Morgan fingerprint density at radius 1 is 1.06 bits per heavy atom. The molecule has 0 heterocycles. The monoisotopic (exact) mass is 241 g/mol. The Balaban J connectivity index is 2.51. The summed E-state index contributed by atoms with van der Waals surface area (Å²) in [6.45, 7) is 2.79. The minimum Gasteiger partial charge on any atom is -0.496 e. The molecule has 0 bridgehead atoms. The topological polar surface area (TPSA) is 35.2 Å². The Bertz CT molecular complexity index is 534. The summed E-state index contributed by atoms with van der Waals surface area (Å²) < 4.78 is 5.43. The summed E-state index contributed by atoms with van der Waals surface area (Å²) in [4.78, 5) is 0. The molecule has 2 heteroatoms. The summed E-state index contributed by atoms with van der Waals surface area (Å²) in [5.74, 6) is 0.908. The van der Waals surface area contributed by atoms with Crippen molar-refractivity contribution in [2.75, 3.05) is 13.7 Å². The zero-order valence-corrected chi connectivity index (χ0v) is 10.9. The van der Waals surface area contributed by atoms with Gasteiger partial charge >= 0.3 is 0 Å². The van der Waals surface area contributed by atoms with Crippen molar-refractivity contribution in [3.05, 3.63) is 53.6 Å². The van der Waals surface area contributed by atoms with Gasteiger partial charge in [-0.2, -0.15) is 0 Å². The van der Waals surface area contributed by atoms with Gasteiger partial charge in [-0.1, -0.05) is 36.4 Å². The molecule has 0 fully saturated rings. The molecule has 0 unspecified atom stereocenters. The minimum atomic E-state index is 0.675. The van der Waals surface area contributed by atoms with Crippen LogP contribution in [-0.2, 0) is 6.42 Å². The van der Waals surface area contributed by atoms with Crippen LogP contribution >= 0.6 is 0 Å². The molecule has 0 spiro atoms. The normalized spacial score (nSPS) is 10.4. The Morgan fingerprint density at radius 2 is 1.83 bits per heavy atom. The van der Waals surface area contributed by atoms with E-state index in [4.69, 9.17) is 10.5 Å². The lowest BCUT2D eigenvalue weighted by Crippen LogP contribution is -2.03. The van der Waals surface area contributed by atoms with E-state index < -0.39 is 0 Å². The third-order valence-corrected chi connectivity index (χ3v) is 3.13. The van der Waals surface area contributed by atoms with Gasteiger partial charge in [-0.15, -0.1) is 0 Å². The van der Waals surface area contributed by atoms with Gasteiger partial charge in [-0.3, -0.25) is 0 Å². The number of aryl methyl sites for hydroxylation is 1. The van der Waals surface area contributed by atoms with Crippen molar-refractivity contribution in [3.63, 3.8) is 0 Å². The van der Waals surface area contributed by atoms with Crippen LogP contribution in [0.25, 0.3) is 11.1 Å². The maximum atomic E-state index is 5.62. The average molecular weight is 241 g/mol. The number of rotatable bonds is 4. The Kier molecular flexibility index (Phi) is 4.00. The van der Waals surface area contributed by atoms with E-state index in [0.29, 0.717) is 6.54 Å². The molecule has 0 aliphatic heterocycles.